The number of hydrogen-bond acceptors (Lipinski definition) is 4. The van der Waals surface area contributed by atoms with E-state index in [0.717, 1.165) is 11.3 Å². The third-order valence-corrected chi connectivity index (χ3v) is 3.93. The molecule has 5 nitrogen and oxygen atoms in total. The van der Waals surface area contributed by atoms with Crippen molar-refractivity contribution in [1.82, 2.24) is 0 Å². The summed E-state index contributed by atoms with van der Waals surface area (Å²) in [5.41, 5.74) is 7.40. The molecule has 24 heavy (non-hydrogen) atoms. The van der Waals surface area contributed by atoms with Crippen LogP contribution in [0.25, 0.3) is 0 Å². The highest BCUT2D eigenvalue weighted by Crippen LogP contribution is 2.30. The molecule has 0 unspecified atom stereocenters. The van der Waals surface area contributed by atoms with Crippen LogP contribution in [0, 0.1) is 5.41 Å². The number of nitrogen functional groups attached to an aromatic ring is 1. The first-order chi connectivity index (χ1) is 11.4. The van der Waals surface area contributed by atoms with Crippen molar-refractivity contribution in [2.24, 2.45) is 5.41 Å². The Labute approximate surface area is 142 Å². The van der Waals surface area contributed by atoms with Gasteiger partial charge in [-0.25, -0.2) is 0 Å². The standard InChI is InChI=1S/C19H24N2O3/c1-19(2,12-13-7-5-6-8-16(13)23-3)18(22)21-14-9-10-17(24-4)15(20)11-14/h5-11H,12,20H2,1-4H3,(H,21,22). The summed E-state index contributed by atoms with van der Waals surface area (Å²) in [5, 5.41) is 2.92. The Morgan fingerprint density at radius 1 is 1.08 bits per heavy atom. The third-order valence-electron chi connectivity index (χ3n) is 3.93. The van der Waals surface area contributed by atoms with Crippen molar-refractivity contribution in [1.29, 1.82) is 0 Å². The highest BCUT2D eigenvalue weighted by atomic mass is 16.5. The van der Waals surface area contributed by atoms with Gasteiger partial charge in [-0.05, 0) is 36.2 Å². The van der Waals surface area contributed by atoms with E-state index in [2.05, 4.69) is 5.32 Å². The number of anilines is 2. The largest absolute Gasteiger partial charge is 0.496 e. The van der Waals surface area contributed by atoms with Crippen LogP contribution in [-0.4, -0.2) is 20.1 Å². The summed E-state index contributed by atoms with van der Waals surface area (Å²) >= 11 is 0. The molecule has 0 aromatic heterocycles. The molecule has 0 saturated carbocycles. The van der Waals surface area contributed by atoms with E-state index < -0.39 is 5.41 Å². The number of amides is 1. The quantitative estimate of drug-likeness (QED) is 0.796. The van der Waals surface area contributed by atoms with Gasteiger partial charge in [0, 0.05) is 11.1 Å². The molecule has 3 N–H and O–H groups in total. The normalized spacial score (nSPS) is 11.0. The van der Waals surface area contributed by atoms with E-state index in [4.69, 9.17) is 15.2 Å². The van der Waals surface area contributed by atoms with Crippen LogP contribution >= 0.6 is 0 Å². The van der Waals surface area contributed by atoms with Crippen molar-refractivity contribution >= 4 is 17.3 Å². The molecule has 128 valence electrons. The molecule has 0 radical (unpaired) electrons. The van der Waals surface area contributed by atoms with Crippen molar-refractivity contribution in [3.8, 4) is 11.5 Å². The van der Waals surface area contributed by atoms with Crippen LogP contribution in [0.1, 0.15) is 19.4 Å². The third kappa shape index (κ3) is 3.98. The van der Waals surface area contributed by atoms with Crippen LogP contribution in [-0.2, 0) is 11.2 Å². The maximum absolute atomic E-state index is 12.7. The van der Waals surface area contributed by atoms with Gasteiger partial charge in [0.05, 0.1) is 19.9 Å². The van der Waals surface area contributed by atoms with Crippen LogP contribution in [0.4, 0.5) is 11.4 Å². The van der Waals surface area contributed by atoms with Gasteiger partial charge in [-0.1, -0.05) is 32.0 Å². The summed E-state index contributed by atoms with van der Waals surface area (Å²) in [6, 6.07) is 12.9. The number of rotatable bonds is 6. The van der Waals surface area contributed by atoms with E-state index in [9.17, 15) is 4.79 Å². The maximum Gasteiger partial charge on any atom is 0.230 e. The SMILES string of the molecule is COc1ccc(NC(=O)C(C)(C)Cc2ccccc2OC)cc1N. The van der Waals surface area contributed by atoms with E-state index in [1.807, 2.05) is 38.1 Å². The fourth-order valence-corrected chi connectivity index (χ4v) is 2.52. The van der Waals surface area contributed by atoms with Gasteiger partial charge in [-0.15, -0.1) is 0 Å². The molecule has 0 atom stereocenters. The fraction of sp³-hybridized carbons (Fsp3) is 0.316. The van der Waals surface area contributed by atoms with E-state index >= 15 is 0 Å². The molecule has 0 saturated heterocycles. The molecule has 0 fully saturated rings. The Hall–Kier alpha value is -2.69. The minimum absolute atomic E-state index is 0.0852. The number of nitrogens with one attached hydrogen (secondary N) is 1. The van der Waals surface area contributed by atoms with Gasteiger partial charge < -0.3 is 20.5 Å². The predicted molar refractivity (Wildman–Crippen MR) is 96.5 cm³/mol. The van der Waals surface area contributed by atoms with E-state index in [1.54, 1.807) is 32.4 Å². The van der Waals surface area contributed by atoms with E-state index in [-0.39, 0.29) is 5.91 Å². The maximum atomic E-state index is 12.7. The van der Waals surface area contributed by atoms with E-state index in [1.165, 1.54) is 0 Å². The Morgan fingerprint density at radius 2 is 1.75 bits per heavy atom. The van der Waals surface area contributed by atoms with Gasteiger partial charge in [0.1, 0.15) is 11.5 Å². The van der Waals surface area contributed by atoms with Gasteiger partial charge in [0.2, 0.25) is 5.91 Å². The lowest BCUT2D eigenvalue weighted by Crippen LogP contribution is -2.32. The summed E-state index contributed by atoms with van der Waals surface area (Å²) in [7, 11) is 3.19. The molecule has 1 amide bonds. The zero-order valence-electron chi connectivity index (χ0n) is 14.6. The zero-order chi connectivity index (χ0) is 17.7. The number of para-hydroxylation sites is 1. The van der Waals surface area contributed by atoms with Crippen molar-refractivity contribution in [2.75, 3.05) is 25.3 Å². The van der Waals surface area contributed by atoms with Gasteiger partial charge in [-0.2, -0.15) is 0 Å². The number of carbonyl (C=O) groups excluding carboxylic acids is 1. The average Bonchev–Trinajstić information content (AvgIpc) is 2.55. The minimum atomic E-state index is -0.608. The molecule has 0 bridgehead atoms. The first kappa shape index (κ1) is 17.7. The molecule has 2 rings (SSSR count). The van der Waals surface area contributed by atoms with Gasteiger partial charge in [-0.3, -0.25) is 4.79 Å². The second kappa shape index (κ2) is 7.25. The van der Waals surface area contributed by atoms with Crippen molar-refractivity contribution in [3.63, 3.8) is 0 Å². The summed E-state index contributed by atoms with van der Waals surface area (Å²) in [5.74, 6) is 1.28. The number of carbonyl (C=O) groups is 1. The highest BCUT2D eigenvalue weighted by Gasteiger charge is 2.29. The lowest BCUT2D eigenvalue weighted by atomic mass is 9.84. The van der Waals surface area contributed by atoms with Gasteiger partial charge in [0.15, 0.2) is 0 Å². The predicted octanol–water partition coefficient (Wildman–Crippen LogP) is 3.49. The first-order valence-electron chi connectivity index (χ1n) is 7.74. The second-order valence-corrected chi connectivity index (χ2v) is 6.28. The Morgan fingerprint density at radius 3 is 2.38 bits per heavy atom. The molecule has 0 spiro atoms. The average molecular weight is 328 g/mol. The smallest absolute Gasteiger partial charge is 0.230 e. The fourth-order valence-electron chi connectivity index (χ4n) is 2.52. The molecular formula is C19H24N2O3. The summed E-state index contributed by atoms with van der Waals surface area (Å²) in [4.78, 5) is 12.7. The molecule has 2 aromatic carbocycles. The molecule has 0 heterocycles. The van der Waals surface area contributed by atoms with Crippen molar-refractivity contribution in [3.05, 3.63) is 48.0 Å². The summed E-state index contributed by atoms with van der Waals surface area (Å²) < 4.78 is 10.5. The lowest BCUT2D eigenvalue weighted by molar-refractivity contribution is -0.123. The molecule has 0 aliphatic carbocycles. The lowest BCUT2D eigenvalue weighted by Gasteiger charge is -2.24. The molecular weight excluding hydrogens is 304 g/mol. The van der Waals surface area contributed by atoms with Crippen LogP contribution in [0.15, 0.2) is 42.5 Å². The second-order valence-electron chi connectivity index (χ2n) is 6.28. The van der Waals surface area contributed by atoms with Crippen LogP contribution in [0.3, 0.4) is 0 Å². The molecule has 0 aliphatic heterocycles. The number of ether oxygens (including phenoxy) is 2. The minimum Gasteiger partial charge on any atom is -0.496 e. The number of hydrogen-bond donors (Lipinski definition) is 2. The Bertz CT molecular complexity index is 726. The van der Waals surface area contributed by atoms with Crippen LogP contribution in [0.5, 0.6) is 11.5 Å². The van der Waals surface area contributed by atoms with Crippen LogP contribution in [0.2, 0.25) is 0 Å². The number of nitrogens with two attached hydrogens (primary N) is 1. The first-order valence-corrected chi connectivity index (χ1v) is 7.74. The number of benzene rings is 2. The highest BCUT2D eigenvalue weighted by molar-refractivity contribution is 5.95. The monoisotopic (exact) mass is 328 g/mol. The molecule has 5 heteroatoms. The molecule has 2 aromatic rings. The topological polar surface area (TPSA) is 73.6 Å². The van der Waals surface area contributed by atoms with Crippen molar-refractivity contribution in [2.45, 2.75) is 20.3 Å². The Kier molecular flexibility index (Phi) is 5.34. The van der Waals surface area contributed by atoms with E-state index in [0.29, 0.717) is 23.5 Å². The van der Waals surface area contributed by atoms with Crippen LogP contribution < -0.4 is 20.5 Å². The van der Waals surface area contributed by atoms with Gasteiger partial charge in [0.25, 0.3) is 0 Å². The number of methoxy groups -OCH3 is 2. The molecule has 0 aliphatic rings. The van der Waals surface area contributed by atoms with Crippen molar-refractivity contribution < 1.29 is 14.3 Å². The zero-order valence-corrected chi connectivity index (χ0v) is 14.6. The van der Waals surface area contributed by atoms with Gasteiger partial charge >= 0.3 is 0 Å². The Balaban J connectivity index is 2.14. The summed E-state index contributed by atoms with van der Waals surface area (Å²) in [6.07, 6.45) is 0.564. The summed E-state index contributed by atoms with van der Waals surface area (Å²) in [6.45, 7) is 3.81.